The van der Waals surface area contributed by atoms with Crippen LogP contribution in [0.1, 0.15) is 23.6 Å². The lowest BCUT2D eigenvalue weighted by molar-refractivity contribution is -0.141. The molecule has 3 aromatic rings. The van der Waals surface area contributed by atoms with Gasteiger partial charge in [0.1, 0.15) is 0 Å². The predicted molar refractivity (Wildman–Crippen MR) is 101 cm³/mol. The number of rotatable bonds is 7. The minimum absolute atomic E-state index is 0.0878. The molecule has 2 aromatic carbocycles. The summed E-state index contributed by atoms with van der Waals surface area (Å²) in [7, 11) is 1.34. The molecule has 6 heteroatoms. The number of ether oxygens (including phenoxy) is 1. The van der Waals surface area contributed by atoms with Crippen molar-refractivity contribution in [2.45, 2.75) is 18.9 Å². The molecule has 1 atom stereocenters. The van der Waals surface area contributed by atoms with E-state index < -0.39 is 6.04 Å². The van der Waals surface area contributed by atoms with Crippen molar-refractivity contribution in [3.63, 3.8) is 0 Å². The molecule has 0 spiro atoms. The molecule has 0 bridgehead atoms. The third kappa shape index (κ3) is 5.04. The van der Waals surface area contributed by atoms with Crippen LogP contribution >= 0.6 is 0 Å². The molecule has 27 heavy (non-hydrogen) atoms. The fourth-order valence-corrected chi connectivity index (χ4v) is 2.81. The number of aromatic nitrogens is 2. The highest BCUT2D eigenvalue weighted by Crippen LogP contribution is 2.18. The molecule has 0 saturated heterocycles. The molecule has 0 radical (unpaired) electrons. The van der Waals surface area contributed by atoms with E-state index in [1.807, 2.05) is 66.9 Å². The van der Waals surface area contributed by atoms with Crippen LogP contribution in [0.15, 0.2) is 73.1 Å². The third-order valence-corrected chi connectivity index (χ3v) is 4.21. The Kier molecular flexibility index (Phi) is 5.99. The van der Waals surface area contributed by atoms with Gasteiger partial charge >= 0.3 is 5.97 Å². The second kappa shape index (κ2) is 8.80. The zero-order valence-electron chi connectivity index (χ0n) is 15.0. The molecule has 0 fully saturated rings. The monoisotopic (exact) mass is 363 g/mol. The number of hydrogen-bond acceptors (Lipinski definition) is 4. The van der Waals surface area contributed by atoms with Gasteiger partial charge < -0.3 is 10.1 Å². The highest BCUT2D eigenvalue weighted by molar-refractivity contribution is 5.80. The van der Waals surface area contributed by atoms with Crippen LogP contribution in [0, 0.1) is 0 Å². The summed E-state index contributed by atoms with van der Waals surface area (Å²) in [6, 6.07) is 18.5. The van der Waals surface area contributed by atoms with Gasteiger partial charge in [-0.1, -0.05) is 42.5 Å². The summed E-state index contributed by atoms with van der Waals surface area (Å²) in [5, 5.41) is 7.11. The second-order valence-electron chi connectivity index (χ2n) is 6.10. The van der Waals surface area contributed by atoms with Crippen molar-refractivity contribution < 1.29 is 14.3 Å². The molecule has 1 N–H and O–H groups in total. The average molecular weight is 363 g/mol. The summed E-state index contributed by atoms with van der Waals surface area (Å²) in [6.45, 7) is 0. The minimum Gasteiger partial charge on any atom is -0.469 e. The van der Waals surface area contributed by atoms with Crippen LogP contribution < -0.4 is 5.32 Å². The van der Waals surface area contributed by atoms with Gasteiger partial charge in [-0.25, -0.2) is 4.68 Å². The average Bonchev–Trinajstić information content (AvgIpc) is 3.23. The molecule has 1 unspecified atom stereocenters. The van der Waals surface area contributed by atoms with E-state index in [1.165, 1.54) is 7.11 Å². The van der Waals surface area contributed by atoms with Gasteiger partial charge in [-0.05, 0) is 29.3 Å². The van der Waals surface area contributed by atoms with Crippen LogP contribution in [-0.4, -0.2) is 28.8 Å². The molecule has 0 aliphatic heterocycles. The van der Waals surface area contributed by atoms with E-state index in [9.17, 15) is 9.59 Å². The number of benzene rings is 2. The number of nitrogens with zero attached hydrogens (tertiary/aromatic N) is 2. The fourth-order valence-electron chi connectivity index (χ4n) is 2.81. The Morgan fingerprint density at radius 2 is 1.81 bits per heavy atom. The van der Waals surface area contributed by atoms with Gasteiger partial charge in [-0.15, -0.1) is 0 Å². The molecule has 3 rings (SSSR count). The van der Waals surface area contributed by atoms with E-state index in [4.69, 9.17) is 4.74 Å². The number of carbonyl (C=O) groups is 2. The summed E-state index contributed by atoms with van der Waals surface area (Å²) in [6.07, 6.45) is 3.89. The summed E-state index contributed by atoms with van der Waals surface area (Å²) in [5.74, 6) is -0.521. The molecule has 0 aliphatic rings. The van der Waals surface area contributed by atoms with Crippen LogP contribution in [0.3, 0.4) is 0 Å². The number of methoxy groups -OCH3 is 1. The van der Waals surface area contributed by atoms with Crippen molar-refractivity contribution in [3.05, 3.63) is 84.2 Å². The lowest BCUT2D eigenvalue weighted by Crippen LogP contribution is -2.31. The molecule has 1 heterocycles. The van der Waals surface area contributed by atoms with E-state index in [2.05, 4.69) is 10.4 Å². The topological polar surface area (TPSA) is 73.2 Å². The van der Waals surface area contributed by atoms with E-state index in [0.29, 0.717) is 0 Å². The summed E-state index contributed by atoms with van der Waals surface area (Å²) < 4.78 is 6.51. The van der Waals surface area contributed by atoms with Gasteiger partial charge in [0.05, 0.1) is 31.7 Å². The highest BCUT2D eigenvalue weighted by Gasteiger charge is 2.19. The standard InChI is InChI=1S/C21H21N3O3/c1-27-21(26)15-19(17-6-3-2-4-7-17)23-20(25)14-16-8-10-18(11-9-16)24-13-5-12-22-24/h2-13,19H,14-15H2,1H3,(H,23,25). The maximum Gasteiger partial charge on any atom is 0.307 e. The number of esters is 1. The zero-order valence-corrected chi connectivity index (χ0v) is 15.0. The van der Waals surface area contributed by atoms with Crippen molar-refractivity contribution in [2.75, 3.05) is 7.11 Å². The van der Waals surface area contributed by atoms with E-state index >= 15 is 0 Å². The van der Waals surface area contributed by atoms with Gasteiger partial charge in [-0.3, -0.25) is 9.59 Å². The normalized spacial score (nSPS) is 11.6. The van der Waals surface area contributed by atoms with Crippen molar-refractivity contribution in [1.82, 2.24) is 15.1 Å². The molecule has 6 nitrogen and oxygen atoms in total. The Morgan fingerprint density at radius 3 is 2.44 bits per heavy atom. The van der Waals surface area contributed by atoms with Crippen LogP contribution in [-0.2, 0) is 20.7 Å². The Bertz CT molecular complexity index is 875. The molecular weight excluding hydrogens is 342 g/mol. The first-order valence-electron chi connectivity index (χ1n) is 8.66. The molecular formula is C21H21N3O3. The minimum atomic E-state index is -0.422. The van der Waals surface area contributed by atoms with E-state index in [-0.39, 0.29) is 24.7 Å². The lowest BCUT2D eigenvalue weighted by Gasteiger charge is -2.18. The molecule has 1 amide bonds. The molecule has 0 saturated carbocycles. The smallest absolute Gasteiger partial charge is 0.307 e. The lowest BCUT2D eigenvalue weighted by atomic mass is 10.0. The van der Waals surface area contributed by atoms with Gasteiger partial charge in [0.25, 0.3) is 0 Å². The van der Waals surface area contributed by atoms with Gasteiger partial charge in [0, 0.05) is 12.4 Å². The van der Waals surface area contributed by atoms with E-state index in [0.717, 1.165) is 16.8 Å². The number of hydrogen-bond donors (Lipinski definition) is 1. The van der Waals surface area contributed by atoms with Crippen LogP contribution in [0.5, 0.6) is 0 Å². The number of carbonyl (C=O) groups excluding carboxylic acids is 2. The van der Waals surface area contributed by atoms with E-state index in [1.54, 1.807) is 10.9 Å². The Labute approximate surface area is 157 Å². The Hall–Kier alpha value is -3.41. The highest BCUT2D eigenvalue weighted by atomic mass is 16.5. The van der Waals surface area contributed by atoms with Gasteiger partial charge in [0.15, 0.2) is 0 Å². The Balaban J connectivity index is 1.66. The summed E-state index contributed by atoms with van der Waals surface area (Å²) >= 11 is 0. The van der Waals surface area contributed by atoms with Crippen molar-refractivity contribution >= 4 is 11.9 Å². The zero-order chi connectivity index (χ0) is 19.1. The van der Waals surface area contributed by atoms with Gasteiger partial charge in [0.2, 0.25) is 5.91 Å². The first-order chi connectivity index (χ1) is 13.2. The quantitative estimate of drug-likeness (QED) is 0.655. The fraction of sp³-hybridized carbons (Fsp3) is 0.190. The first-order valence-corrected chi connectivity index (χ1v) is 8.66. The van der Waals surface area contributed by atoms with Crippen molar-refractivity contribution in [3.8, 4) is 5.69 Å². The SMILES string of the molecule is COC(=O)CC(NC(=O)Cc1ccc(-n2cccn2)cc1)c1ccccc1. The Morgan fingerprint density at radius 1 is 1.07 bits per heavy atom. The molecule has 1 aromatic heterocycles. The van der Waals surface area contributed by atoms with Crippen molar-refractivity contribution in [2.24, 2.45) is 0 Å². The number of amides is 1. The van der Waals surface area contributed by atoms with Crippen LogP contribution in [0.2, 0.25) is 0 Å². The van der Waals surface area contributed by atoms with Crippen molar-refractivity contribution in [1.29, 1.82) is 0 Å². The van der Waals surface area contributed by atoms with Gasteiger partial charge in [-0.2, -0.15) is 5.10 Å². The summed E-state index contributed by atoms with van der Waals surface area (Å²) in [4.78, 5) is 24.2. The summed E-state index contributed by atoms with van der Waals surface area (Å²) in [5.41, 5.74) is 2.68. The number of nitrogens with one attached hydrogen (secondary N) is 1. The second-order valence-corrected chi connectivity index (χ2v) is 6.10. The molecule has 0 aliphatic carbocycles. The molecule has 138 valence electrons. The van der Waals surface area contributed by atoms with Crippen LogP contribution in [0.25, 0.3) is 5.69 Å². The maximum atomic E-state index is 12.5. The predicted octanol–water partition coefficient (Wildman–Crippen LogP) is 2.84. The van der Waals surface area contributed by atoms with Crippen LogP contribution in [0.4, 0.5) is 0 Å². The maximum absolute atomic E-state index is 12.5. The largest absolute Gasteiger partial charge is 0.469 e. The third-order valence-electron chi connectivity index (χ3n) is 4.21. The first kappa shape index (κ1) is 18.4.